The van der Waals surface area contributed by atoms with Gasteiger partial charge in [-0.15, -0.1) is 0 Å². The first-order valence-electron chi connectivity index (χ1n) is 6.67. The van der Waals surface area contributed by atoms with Crippen molar-refractivity contribution in [2.45, 2.75) is 39.0 Å². The summed E-state index contributed by atoms with van der Waals surface area (Å²) in [5.41, 5.74) is 1.60. The summed E-state index contributed by atoms with van der Waals surface area (Å²) < 4.78 is 6.67. The number of nitrogens with zero attached hydrogens (tertiary/aromatic N) is 1. The highest BCUT2D eigenvalue weighted by Crippen LogP contribution is 2.27. The maximum absolute atomic E-state index is 11.6. The summed E-state index contributed by atoms with van der Waals surface area (Å²) in [5.74, 6) is -0.833. The van der Waals surface area contributed by atoms with Crippen LogP contribution in [0.3, 0.4) is 0 Å². The Labute approximate surface area is 127 Å². The Morgan fingerprint density at radius 1 is 1.55 bits per heavy atom. The summed E-state index contributed by atoms with van der Waals surface area (Å²) in [6.45, 7) is 7.51. The maximum atomic E-state index is 11.6. The molecule has 1 aliphatic rings. The third-order valence-electron chi connectivity index (χ3n) is 3.73. The lowest BCUT2D eigenvalue weighted by molar-refractivity contribution is -0.172. The van der Waals surface area contributed by atoms with Gasteiger partial charge in [-0.05, 0) is 38.0 Å². The minimum Gasteiger partial charge on any atom is -0.480 e. The number of benzene rings is 1. The normalized spacial score (nSPS) is 22.7. The second-order valence-electron chi connectivity index (χ2n) is 5.75. The summed E-state index contributed by atoms with van der Waals surface area (Å²) in [4.78, 5) is 13.5. The van der Waals surface area contributed by atoms with Crippen LogP contribution in [0.1, 0.15) is 25.0 Å². The monoisotopic (exact) mass is 341 g/mol. The van der Waals surface area contributed by atoms with E-state index in [-0.39, 0.29) is 0 Å². The van der Waals surface area contributed by atoms with Gasteiger partial charge in [-0.2, -0.15) is 0 Å². The van der Waals surface area contributed by atoms with Crippen LogP contribution in [0, 0.1) is 6.92 Å². The van der Waals surface area contributed by atoms with Crippen LogP contribution in [0.25, 0.3) is 0 Å². The van der Waals surface area contributed by atoms with Gasteiger partial charge < -0.3 is 9.84 Å². The van der Waals surface area contributed by atoms with E-state index >= 15 is 0 Å². The van der Waals surface area contributed by atoms with Crippen molar-refractivity contribution in [1.29, 1.82) is 0 Å². The molecule has 20 heavy (non-hydrogen) atoms. The number of hydrogen-bond donors (Lipinski definition) is 1. The van der Waals surface area contributed by atoms with Crippen LogP contribution in [0.4, 0.5) is 0 Å². The van der Waals surface area contributed by atoms with E-state index in [1.807, 2.05) is 37.8 Å². The molecule has 1 N–H and O–H groups in total. The van der Waals surface area contributed by atoms with Crippen molar-refractivity contribution >= 4 is 21.9 Å². The zero-order valence-corrected chi connectivity index (χ0v) is 13.6. The summed E-state index contributed by atoms with van der Waals surface area (Å²) in [6.07, 6.45) is 0. The van der Waals surface area contributed by atoms with Crippen LogP contribution in [0.2, 0.25) is 0 Å². The van der Waals surface area contributed by atoms with E-state index in [4.69, 9.17) is 4.74 Å². The van der Waals surface area contributed by atoms with Crippen molar-refractivity contribution < 1.29 is 14.6 Å². The summed E-state index contributed by atoms with van der Waals surface area (Å²) in [5, 5.41) is 9.49. The minimum atomic E-state index is -0.833. The average Bonchev–Trinajstić information content (AvgIpc) is 2.32. The molecular formula is C15H20BrNO3. The number of ether oxygens (including phenoxy) is 1. The molecule has 1 unspecified atom stereocenters. The Morgan fingerprint density at radius 3 is 2.85 bits per heavy atom. The van der Waals surface area contributed by atoms with Crippen LogP contribution < -0.4 is 0 Å². The van der Waals surface area contributed by atoms with Gasteiger partial charge in [0.05, 0.1) is 12.2 Å². The number of aryl methyl sites for hydroxylation is 1. The van der Waals surface area contributed by atoms with Crippen LogP contribution in [0.5, 0.6) is 0 Å². The third-order valence-corrected chi connectivity index (χ3v) is 4.59. The van der Waals surface area contributed by atoms with E-state index in [9.17, 15) is 9.90 Å². The maximum Gasteiger partial charge on any atom is 0.323 e. The van der Waals surface area contributed by atoms with Crippen molar-refractivity contribution in [1.82, 2.24) is 4.90 Å². The van der Waals surface area contributed by atoms with Crippen LogP contribution >= 0.6 is 15.9 Å². The lowest BCUT2D eigenvalue weighted by atomic mass is 9.94. The molecule has 1 saturated heterocycles. The Bertz CT molecular complexity index is 516. The SMILES string of the molecule is Cc1ccc(CN2CCOC(C)(C)C2C(=O)O)cc1Br. The quantitative estimate of drug-likeness (QED) is 0.918. The number of carbonyl (C=O) groups is 1. The Morgan fingerprint density at radius 2 is 2.25 bits per heavy atom. The van der Waals surface area contributed by atoms with Crippen LogP contribution in [-0.2, 0) is 16.1 Å². The number of carboxylic acids is 1. The lowest BCUT2D eigenvalue weighted by Gasteiger charge is -2.43. The zero-order valence-electron chi connectivity index (χ0n) is 12.0. The van der Waals surface area contributed by atoms with Crippen molar-refractivity contribution in [3.05, 3.63) is 33.8 Å². The molecule has 1 aliphatic heterocycles. The third kappa shape index (κ3) is 3.22. The molecule has 4 nitrogen and oxygen atoms in total. The van der Waals surface area contributed by atoms with E-state index in [1.165, 1.54) is 5.56 Å². The summed E-state index contributed by atoms with van der Waals surface area (Å²) in [7, 11) is 0. The molecule has 0 radical (unpaired) electrons. The molecule has 0 saturated carbocycles. The average molecular weight is 342 g/mol. The Balaban J connectivity index is 2.21. The molecule has 1 aromatic carbocycles. The molecule has 1 heterocycles. The van der Waals surface area contributed by atoms with Gasteiger partial charge in [0.2, 0.25) is 0 Å². The summed E-state index contributed by atoms with van der Waals surface area (Å²) >= 11 is 3.52. The number of halogens is 1. The fraction of sp³-hybridized carbons (Fsp3) is 0.533. The van der Waals surface area contributed by atoms with Gasteiger partial charge in [-0.1, -0.05) is 28.1 Å². The molecular weight excluding hydrogens is 322 g/mol. The number of aliphatic carboxylic acids is 1. The molecule has 0 bridgehead atoms. The largest absolute Gasteiger partial charge is 0.480 e. The first kappa shape index (κ1) is 15.5. The summed E-state index contributed by atoms with van der Waals surface area (Å²) in [6, 6.07) is 5.51. The van der Waals surface area contributed by atoms with Crippen LogP contribution in [-0.4, -0.2) is 40.8 Å². The molecule has 0 spiro atoms. The van der Waals surface area contributed by atoms with Gasteiger partial charge in [0.25, 0.3) is 0 Å². The standard InChI is InChI=1S/C15H20BrNO3/c1-10-4-5-11(8-12(10)16)9-17-6-7-20-15(2,3)13(17)14(18)19/h4-5,8,13H,6-7,9H2,1-3H3,(H,18,19). The molecule has 1 fully saturated rings. The predicted octanol–water partition coefficient (Wildman–Crippen LogP) is 2.82. The van der Waals surface area contributed by atoms with Crippen molar-refractivity contribution in [2.24, 2.45) is 0 Å². The Kier molecular flexibility index (Phi) is 4.52. The van der Waals surface area contributed by atoms with Gasteiger partial charge in [0.1, 0.15) is 6.04 Å². The Hall–Kier alpha value is -0.910. The fourth-order valence-corrected chi connectivity index (χ4v) is 3.09. The topological polar surface area (TPSA) is 49.8 Å². The molecule has 1 aromatic rings. The first-order valence-corrected chi connectivity index (χ1v) is 7.46. The van der Waals surface area contributed by atoms with E-state index in [2.05, 4.69) is 22.0 Å². The number of morpholine rings is 1. The second kappa shape index (κ2) is 5.84. The number of hydrogen-bond acceptors (Lipinski definition) is 3. The van der Waals surface area contributed by atoms with Crippen molar-refractivity contribution in [2.75, 3.05) is 13.2 Å². The highest BCUT2D eigenvalue weighted by molar-refractivity contribution is 9.10. The first-order chi connectivity index (χ1) is 9.31. The van der Waals surface area contributed by atoms with E-state index in [0.29, 0.717) is 19.7 Å². The molecule has 0 aliphatic carbocycles. The van der Waals surface area contributed by atoms with E-state index in [0.717, 1.165) is 10.0 Å². The van der Waals surface area contributed by atoms with Crippen LogP contribution in [0.15, 0.2) is 22.7 Å². The van der Waals surface area contributed by atoms with Gasteiger partial charge in [0.15, 0.2) is 0 Å². The van der Waals surface area contributed by atoms with Crippen molar-refractivity contribution in [3.8, 4) is 0 Å². The van der Waals surface area contributed by atoms with Gasteiger partial charge in [0, 0.05) is 17.6 Å². The molecule has 0 aromatic heterocycles. The molecule has 5 heteroatoms. The van der Waals surface area contributed by atoms with Crippen molar-refractivity contribution in [3.63, 3.8) is 0 Å². The van der Waals surface area contributed by atoms with Gasteiger partial charge in [-0.25, -0.2) is 0 Å². The van der Waals surface area contributed by atoms with Gasteiger partial charge >= 0.3 is 5.97 Å². The minimum absolute atomic E-state index is 0.559. The highest BCUT2D eigenvalue weighted by Gasteiger charge is 2.43. The number of rotatable bonds is 3. The van der Waals surface area contributed by atoms with Gasteiger partial charge in [-0.3, -0.25) is 9.69 Å². The second-order valence-corrected chi connectivity index (χ2v) is 6.60. The molecule has 1 atom stereocenters. The molecule has 2 rings (SSSR count). The predicted molar refractivity (Wildman–Crippen MR) is 80.7 cm³/mol. The molecule has 110 valence electrons. The van der Waals surface area contributed by atoms with E-state index < -0.39 is 17.6 Å². The van der Waals surface area contributed by atoms with E-state index in [1.54, 1.807) is 0 Å². The smallest absolute Gasteiger partial charge is 0.323 e. The molecule has 0 amide bonds. The fourth-order valence-electron chi connectivity index (χ4n) is 2.67. The highest BCUT2D eigenvalue weighted by atomic mass is 79.9. The lowest BCUT2D eigenvalue weighted by Crippen LogP contribution is -2.60. The zero-order chi connectivity index (χ0) is 14.9. The number of carboxylic acid groups (broad SMARTS) is 1.